The Balaban J connectivity index is 1.53. The van der Waals surface area contributed by atoms with E-state index >= 15 is 0 Å². The molecule has 1 amide bonds. The van der Waals surface area contributed by atoms with Gasteiger partial charge in [-0.2, -0.15) is 0 Å². The number of hydrogen-bond donors (Lipinski definition) is 0. The third-order valence-corrected chi connectivity index (χ3v) is 6.06. The van der Waals surface area contributed by atoms with Gasteiger partial charge in [-0.3, -0.25) is 9.69 Å². The molecule has 3 rings (SSSR count). The second kappa shape index (κ2) is 10.4. The number of nitrogens with zero attached hydrogens (tertiary/aromatic N) is 2. The molecule has 2 fully saturated rings. The van der Waals surface area contributed by atoms with Crippen molar-refractivity contribution in [1.29, 1.82) is 0 Å². The number of carbonyl (C=O) groups is 1. The van der Waals surface area contributed by atoms with Gasteiger partial charge < -0.3 is 23.8 Å². The van der Waals surface area contributed by atoms with Crippen molar-refractivity contribution in [3.8, 4) is 17.2 Å². The zero-order chi connectivity index (χ0) is 21.7. The Morgan fingerprint density at radius 3 is 2.07 bits per heavy atom. The van der Waals surface area contributed by atoms with Crippen LogP contribution in [0.4, 0.5) is 0 Å². The molecule has 1 aromatic rings. The number of amides is 1. The standard InChI is InChI=1S/C23H36N2O5/c1-16-13-24(14-17(2)30-16)15-18-6-8-25(9-7-18)22(26)12-19-10-20(27-3)23(29-5)21(11-19)28-4/h10-11,16-18H,6-9,12-15H2,1-5H3. The molecule has 0 aliphatic carbocycles. The minimum absolute atomic E-state index is 0.149. The van der Waals surface area contributed by atoms with Crippen LogP contribution in [0, 0.1) is 5.92 Å². The topological polar surface area (TPSA) is 60.5 Å². The molecule has 0 bridgehead atoms. The monoisotopic (exact) mass is 420 g/mol. The molecule has 0 N–H and O–H groups in total. The molecule has 0 saturated carbocycles. The number of benzene rings is 1. The minimum atomic E-state index is 0.149. The predicted molar refractivity (Wildman–Crippen MR) is 116 cm³/mol. The first-order valence-electron chi connectivity index (χ1n) is 10.9. The Kier molecular flexibility index (Phi) is 7.83. The number of hydrogen-bond acceptors (Lipinski definition) is 6. The van der Waals surface area contributed by atoms with Crippen molar-refractivity contribution in [3.63, 3.8) is 0 Å². The average molecular weight is 421 g/mol. The lowest BCUT2D eigenvalue weighted by Gasteiger charge is -2.39. The van der Waals surface area contributed by atoms with E-state index < -0.39 is 0 Å². The van der Waals surface area contributed by atoms with E-state index in [1.54, 1.807) is 21.3 Å². The van der Waals surface area contributed by atoms with Crippen molar-refractivity contribution in [2.45, 2.75) is 45.3 Å². The molecule has 7 nitrogen and oxygen atoms in total. The van der Waals surface area contributed by atoms with Gasteiger partial charge in [0.25, 0.3) is 0 Å². The Bertz CT molecular complexity index is 683. The summed E-state index contributed by atoms with van der Waals surface area (Å²) in [5, 5.41) is 0. The van der Waals surface area contributed by atoms with Crippen molar-refractivity contribution in [2.24, 2.45) is 5.92 Å². The van der Waals surface area contributed by atoms with Gasteiger partial charge in [-0.05, 0) is 50.3 Å². The van der Waals surface area contributed by atoms with Crippen LogP contribution >= 0.6 is 0 Å². The SMILES string of the molecule is COc1cc(CC(=O)N2CCC(CN3CC(C)OC(C)C3)CC2)cc(OC)c1OC. The molecular weight excluding hydrogens is 384 g/mol. The molecule has 0 spiro atoms. The van der Waals surface area contributed by atoms with Gasteiger partial charge in [-0.15, -0.1) is 0 Å². The van der Waals surface area contributed by atoms with Crippen LogP contribution in [0.5, 0.6) is 17.2 Å². The normalized spacial score (nSPS) is 23.3. The van der Waals surface area contributed by atoms with Crippen LogP contribution < -0.4 is 14.2 Å². The summed E-state index contributed by atoms with van der Waals surface area (Å²) in [7, 11) is 4.75. The Hall–Kier alpha value is -1.99. The third kappa shape index (κ3) is 5.58. The Morgan fingerprint density at radius 2 is 1.57 bits per heavy atom. The van der Waals surface area contributed by atoms with Crippen LogP contribution in [0.2, 0.25) is 0 Å². The van der Waals surface area contributed by atoms with Crippen molar-refractivity contribution in [2.75, 3.05) is 54.1 Å². The van der Waals surface area contributed by atoms with Gasteiger partial charge in [0.05, 0.1) is 40.0 Å². The molecule has 168 valence electrons. The van der Waals surface area contributed by atoms with E-state index in [2.05, 4.69) is 18.7 Å². The average Bonchev–Trinajstić information content (AvgIpc) is 2.72. The third-order valence-electron chi connectivity index (χ3n) is 6.06. The predicted octanol–water partition coefficient (Wildman–Crippen LogP) is 2.60. The summed E-state index contributed by atoms with van der Waals surface area (Å²) in [5.74, 6) is 2.49. The number of ether oxygens (including phenoxy) is 4. The van der Waals surface area contributed by atoms with Gasteiger partial charge in [0.1, 0.15) is 0 Å². The van der Waals surface area contributed by atoms with E-state index in [9.17, 15) is 4.79 Å². The maximum absolute atomic E-state index is 12.9. The zero-order valence-corrected chi connectivity index (χ0v) is 19.0. The van der Waals surface area contributed by atoms with Crippen molar-refractivity contribution in [1.82, 2.24) is 9.80 Å². The van der Waals surface area contributed by atoms with E-state index in [4.69, 9.17) is 18.9 Å². The minimum Gasteiger partial charge on any atom is -0.493 e. The van der Waals surface area contributed by atoms with Crippen molar-refractivity contribution >= 4 is 5.91 Å². The van der Waals surface area contributed by atoms with E-state index in [0.717, 1.165) is 51.1 Å². The number of piperidine rings is 1. The van der Waals surface area contributed by atoms with Gasteiger partial charge in [-0.25, -0.2) is 0 Å². The first-order chi connectivity index (χ1) is 14.4. The number of carbonyl (C=O) groups excluding carboxylic acids is 1. The van der Waals surface area contributed by atoms with E-state index in [-0.39, 0.29) is 5.91 Å². The maximum Gasteiger partial charge on any atom is 0.226 e. The molecule has 30 heavy (non-hydrogen) atoms. The summed E-state index contributed by atoms with van der Waals surface area (Å²) in [4.78, 5) is 17.4. The van der Waals surface area contributed by atoms with E-state index in [1.807, 2.05) is 17.0 Å². The van der Waals surface area contributed by atoms with Crippen LogP contribution in [0.3, 0.4) is 0 Å². The number of morpholine rings is 1. The van der Waals surface area contributed by atoms with Gasteiger partial charge in [0.2, 0.25) is 11.7 Å². The highest BCUT2D eigenvalue weighted by atomic mass is 16.5. The van der Waals surface area contributed by atoms with Gasteiger partial charge in [0.15, 0.2) is 11.5 Å². The lowest BCUT2D eigenvalue weighted by molar-refractivity contribution is -0.132. The second-order valence-corrected chi connectivity index (χ2v) is 8.51. The molecule has 2 heterocycles. The first kappa shape index (κ1) is 22.7. The van der Waals surface area contributed by atoms with Crippen LogP contribution in [0.15, 0.2) is 12.1 Å². The van der Waals surface area contributed by atoms with Crippen LogP contribution in [0.25, 0.3) is 0 Å². The fourth-order valence-electron chi connectivity index (χ4n) is 4.69. The summed E-state index contributed by atoms with van der Waals surface area (Å²) in [6.45, 7) is 9.05. The smallest absolute Gasteiger partial charge is 0.226 e. The van der Waals surface area contributed by atoms with E-state index in [0.29, 0.717) is 41.8 Å². The lowest BCUT2D eigenvalue weighted by Crippen LogP contribution is -2.48. The number of methoxy groups -OCH3 is 3. The van der Waals surface area contributed by atoms with Crippen LogP contribution in [0.1, 0.15) is 32.3 Å². The van der Waals surface area contributed by atoms with Crippen molar-refractivity contribution < 1.29 is 23.7 Å². The maximum atomic E-state index is 12.9. The summed E-state index contributed by atoms with van der Waals surface area (Å²) in [6, 6.07) is 3.71. The van der Waals surface area contributed by atoms with E-state index in [1.165, 1.54) is 0 Å². The highest BCUT2D eigenvalue weighted by Gasteiger charge is 2.28. The van der Waals surface area contributed by atoms with Gasteiger partial charge >= 0.3 is 0 Å². The van der Waals surface area contributed by atoms with Crippen molar-refractivity contribution in [3.05, 3.63) is 17.7 Å². The number of likely N-dealkylation sites (tertiary alicyclic amines) is 1. The summed E-state index contributed by atoms with van der Waals surface area (Å²) in [6.07, 6.45) is 3.05. The summed E-state index contributed by atoms with van der Waals surface area (Å²) >= 11 is 0. The molecule has 7 heteroatoms. The largest absolute Gasteiger partial charge is 0.493 e. The van der Waals surface area contributed by atoms with Gasteiger partial charge in [0, 0.05) is 32.7 Å². The van der Waals surface area contributed by atoms with Crippen LogP contribution in [-0.4, -0.2) is 82.0 Å². The molecule has 0 aromatic heterocycles. The zero-order valence-electron chi connectivity index (χ0n) is 19.0. The molecule has 2 unspecified atom stereocenters. The number of rotatable bonds is 7. The molecule has 2 atom stereocenters. The second-order valence-electron chi connectivity index (χ2n) is 8.51. The molecular formula is C23H36N2O5. The highest BCUT2D eigenvalue weighted by Crippen LogP contribution is 2.38. The van der Waals surface area contributed by atoms with Gasteiger partial charge in [-0.1, -0.05) is 0 Å². The first-order valence-corrected chi connectivity index (χ1v) is 10.9. The fourth-order valence-corrected chi connectivity index (χ4v) is 4.69. The molecule has 2 aliphatic heterocycles. The van der Waals surface area contributed by atoms with Crippen LogP contribution in [-0.2, 0) is 16.0 Å². The Morgan fingerprint density at radius 1 is 1.00 bits per heavy atom. The quantitative estimate of drug-likeness (QED) is 0.676. The molecule has 2 aliphatic rings. The molecule has 2 saturated heterocycles. The molecule has 0 radical (unpaired) electrons. The molecule has 1 aromatic carbocycles. The Labute approximate surface area is 180 Å². The fraction of sp³-hybridized carbons (Fsp3) is 0.696. The highest BCUT2D eigenvalue weighted by molar-refractivity contribution is 5.79. The lowest BCUT2D eigenvalue weighted by atomic mass is 9.95. The summed E-state index contributed by atoms with van der Waals surface area (Å²) in [5.41, 5.74) is 0.868. The summed E-state index contributed by atoms with van der Waals surface area (Å²) < 4.78 is 22.0.